The molecule has 138 valence electrons. The molecule has 5 nitrogen and oxygen atoms in total. The Morgan fingerprint density at radius 3 is 2.48 bits per heavy atom. The second kappa shape index (κ2) is 7.59. The van der Waals surface area contributed by atoms with Crippen molar-refractivity contribution in [1.82, 2.24) is 9.80 Å². The van der Waals surface area contributed by atoms with Crippen LogP contribution in [0, 0.1) is 11.6 Å². The number of amides is 1. The first-order chi connectivity index (χ1) is 11.8. The zero-order valence-electron chi connectivity index (χ0n) is 13.7. The third kappa shape index (κ3) is 4.71. The average Bonchev–Trinajstić information content (AvgIpc) is 2.96. The van der Waals surface area contributed by atoms with Crippen LogP contribution >= 0.6 is 11.8 Å². The molecule has 1 aromatic rings. The molecule has 0 saturated carbocycles. The summed E-state index contributed by atoms with van der Waals surface area (Å²) in [6, 6.07) is 3.66. The van der Waals surface area contributed by atoms with Crippen LogP contribution in [-0.2, 0) is 14.6 Å². The van der Waals surface area contributed by atoms with Gasteiger partial charge < -0.3 is 4.90 Å². The highest BCUT2D eigenvalue weighted by Crippen LogP contribution is 2.22. The quantitative estimate of drug-likeness (QED) is 0.728. The number of hydrogen-bond donors (Lipinski definition) is 0. The molecule has 1 amide bonds. The van der Waals surface area contributed by atoms with Crippen molar-refractivity contribution >= 4 is 27.5 Å². The number of nitrogens with zero attached hydrogens (tertiary/aromatic N) is 2. The maximum absolute atomic E-state index is 13.2. The van der Waals surface area contributed by atoms with Crippen LogP contribution in [0.2, 0.25) is 0 Å². The first-order valence-electron chi connectivity index (χ1n) is 8.14. The molecule has 9 heteroatoms. The van der Waals surface area contributed by atoms with E-state index in [1.807, 2.05) is 0 Å². The Labute approximate surface area is 150 Å². The van der Waals surface area contributed by atoms with Crippen LogP contribution in [-0.4, -0.2) is 73.6 Å². The molecule has 2 heterocycles. The summed E-state index contributed by atoms with van der Waals surface area (Å²) in [5.41, 5.74) is 0. The van der Waals surface area contributed by atoms with Gasteiger partial charge in [0.1, 0.15) is 0 Å². The lowest BCUT2D eigenvalue weighted by Crippen LogP contribution is -2.52. The Morgan fingerprint density at radius 1 is 1.16 bits per heavy atom. The van der Waals surface area contributed by atoms with Crippen molar-refractivity contribution in [2.45, 2.75) is 17.4 Å². The largest absolute Gasteiger partial charge is 0.339 e. The molecule has 0 N–H and O–H groups in total. The normalized spacial score (nSPS) is 23.8. The smallest absolute Gasteiger partial charge is 0.233 e. The van der Waals surface area contributed by atoms with E-state index in [0.717, 1.165) is 12.1 Å². The highest BCUT2D eigenvalue weighted by molar-refractivity contribution is 8.00. The van der Waals surface area contributed by atoms with E-state index in [-0.39, 0.29) is 29.2 Å². The Hall–Kier alpha value is -1.19. The first-order valence-corrected chi connectivity index (χ1v) is 10.9. The van der Waals surface area contributed by atoms with E-state index < -0.39 is 21.5 Å². The van der Waals surface area contributed by atoms with Gasteiger partial charge in [0.25, 0.3) is 0 Å². The molecule has 1 unspecified atom stereocenters. The molecule has 0 bridgehead atoms. The number of thioether (sulfide) groups is 1. The summed E-state index contributed by atoms with van der Waals surface area (Å²) in [4.78, 5) is 16.7. The molecule has 0 spiro atoms. The Kier molecular flexibility index (Phi) is 5.65. The van der Waals surface area contributed by atoms with Gasteiger partial charge in [0.2, 0.25) is 5.91 Å². The third-order valence-corrected chi connectivity index (χ3v) is 7.37. The SMILES string of the molecule is O=C(CSc1ccc(F)c(F)c1)N1CCN(C2CCS(=O)(=O)C2)CC1. The molecule has 0 aromatic heterocycles. The fraction of sp³-hybridized carbons (Fsp3) is 0.562. The van der Waals surface area contributed by atoms with Gasteiger partial charge in [-0.05, 0) is 24.6 Å². The summed E-state index contributed by atoms with van der Waals surface area (Å²) >= 11 is 1.18. The monoisotopic (exact) mass is 390 g/mol. The topological polar surface area (TPSA) is 57.7 Å². The molecule has 2 fully saturated rings. The van der Waals surface area contributed by atoms with Gasteiger partial charge >= 0.3 is 0 Å². The molecular weight excluding hydrogens is 370 g/mol. The number of piperazine rings is 1. The van der Waals surface area contributed by atoms with Crippen molar-refractivity contribution in [1.29, 1.82) is 0 Å². The van der Waals surface area contributed by atoms with Crippen molar-refractivity contribution in [3.8, 4) is 0 Å². The zero-order chi connectivity index (χ0) is 18.0. The van der Waals surface area contributed by atoms with E-state index in [2.05, 4.69) is 4.90 Å². The summed E-state index contributed by atoms with van der Waals surface area (Å²) in [5.74, 6) is -1.23. The lowest BCUT2D eigenvalue weighted by Gasteiger charge is -2.37. The molecule has 0 radical (unpaired) electrons. The van der Waals surface area contributed by atoms with Crippen molar-refractivity contribution in [2.24, 2.45) is 0 Å². The maximum atomic E-state index is 13.2. The molecular formula is C16H20F2N2O3S2. The van der Waals surface area contributed by atoms with Gasteiger partial charge in [0.15, 0.2) is 21.5 Å². The third-order valence-electron chi connectivity index (χ3n) is 4.65. The van der Waals surface area contributed by atoms with Crippen molar-refractivity contribution in [2.75, 3.05) is 43.4 Å². The Balaban J connectivity index is 1.46. The van der Waals surface area contributed by atoms with E-state index in [1.165, 1.54) is 17.8 Å². The van der Waals surface area contributed by atoms with E-state index >= 15 is 0 Å². The second-order valence-corrected chi connectivity index (χ2v) is 9.62. The van der Waals surface area contributed by atoms with Crippen molar-refractivity contribution in [3.05, 3.63) is 29.8 Å². The number of hydrogen-bond acceptors (Lipinski definition) is 5. The molecule has 1 aromatic carbocycles. The number of benzene rings is 1. The fourth-order valence-electron chi connectivity index (χ4n) is 3.20. The van der Waals surface area contributed by atoms with Gasteiger partial charge in [0.05, 0.1) is 17.3 Å². The van der Waals surface area contributed by atoms with Crippen LogP contribution in [0.3, 0.4) is 0 Å². The van der Waals surface area contributed by atoms with Crippen molar-refractivity contribution in [3.63, 3.8) is 0 Å². The zero-order valence-corrected chi connectivity index (χ0v) is 15.3. The van der Waals surface area contributed by atoms with Gasteiger partial charge in [-0.15, -0.1) is 11.8 Å². The van der Waals surface area contributed by atoms with Crippen LogP contribution in [0.15, 0.2) is 23.1 Å². The lowest BCUT2D eigenvalue weighted by atomic mass is 10.2. The van der Waals surface area contributed by atoms with Gasteiger partial charge in [-0.25, -0.2) is 17.2 Å². The highest BCUT2D eigenvalue weighted by atomic mass is 32.2. The number of rotatable bonds is 4. The van der Waals surface area contributed by atoms with Crippen LogP contribution in [0.25, 0.3) is 0 Å². The van der Waals surface area contributed by atoms with E-state index in [1.54, 1.807) is 4.90 Å². The minimum absolute atomic E-state index is 0.0478. The Morgan fingerprint density at radius 2 is 1.88 bits per heavy atom. The predicted molar refractivity (Wildman–Crippen MR) is 92.3 cm³/mol. The number of sulfone groups is 1. The molecule has 25 heavy (non-hydrogen) atoms. The lowest BCUT2D eigenvalue weighted by molar-refractivity contribution is -0.130. The summed E-state index contributed by atoms with van der Waals surface area (Å²) in [5, 5.41) is 0. The van der Waals surface area contributed by atoms with E-state index in [4.69, 9.17) is 0 Å². The van der Waals surface area contributed by atoms with Crippen LogP contribution in [0.1, 0.15) is 6.42 Å². The summed E-state index contributed by atoms with van der Waals surface area (Å²) in [6.45, 7) is 2.46. The minimum Gasteiger partial charge on any atom is -0.339 e. The molecule has 3 rings (SSSR count). The van der Waals surface area contributed by atoms with E-state index in [9.17, 15) is 22.0 Å². The fourth-order valence-corrected chi connectivity index (χ4v) is 5.79. The van der Waals surface area contributed by atoms with Crippen LogP contribution in [0.4, 0.5) is 8.78 Å². The minimum atomic E-state index is -2.90. The van der Waals surface area contributed by atoms with Gasteiger partial charge in [-0.1, -0.05) is 0 Å². The molecule has 2 aliphatic rings. The molecule has 1 atom stereocenters. The highest BCUT2D eigenvalue weighted by Gasteiger charge is 2.34. The molecule has 2 aliphatic heterocycles. The first kappa shape index (κ1) is 18.6. The van der Waals surface area contributed by atoms with Gasteiger partial charge in [-0.3, -0.25) is 9.69 Å². The standard InChI is InChI=1S/C16H20F2N2O3S2/c17-14-2-1-13(9-15(14)18)24-10-16(21)20-6-4-19(5-7-20)12-3-8-25(22,23)11-12/h1-2,9,12H,3-8,10-11H2. The van der Waals surface area contributed by atoms with E-state index in [0.29, 0.717) is 37.5 Å². The molecule has 2 saturated heterocycles. The van der Waals surface area contributed by atoms with Gasteiger partial charge in [-0.2, -0.15) is 0 Å². The maximum Gasteiger partial charge on any atom is 0.233 e. The second-order valence-electron chi connectivity index (χ2n) is 6.34. The molecule has 0 aliphatic carbocycles. The predicted octanol–water partition coefficient (Wildman–Crippen LogP) is 1.39. The van der Waals surface area contributed by atoms with Gasteiger partial charge in [0, 0.05) is 37.1 Å². The van der Waals surface area contributed by atoms with Crippen LogP contribution in [0.5, 0.6) is 0 Å². The summed E-state index contributed by atoms with van der Waals surface area (Å²) < 4.78 is 49.2. The number of carbonyl (C=O) groups excluding carboxylic acids is 1. The van der Waals surface area contributed by atoms with Crippen LogP contribution < -0.4 is 0 Å². The summed E-state index contributed by atoms with van der Waals surface area (Å²) in [6.07, 6.45) is 0.669. The number of halogens is 2. The van der Waals surface area contributed by atoms with Crippen molar-refractivity contribution < 1.29 is 22.0 Å². The average molecular weight is 390 g/mol. The number of carbonyl (C=O) groups is 1. The summed E-state index contributed by atoms with van der Waals surface area (Å²) in [7, 11) is -2.90. The Bertz CT molecular complexity index is 750.